The number of amides is 1. The fourth-order valence-corrected chi connectivity index (χ4v) is 6.34. The number of hydrogen-bond donors (Lipinski definition) is 2. The number of hydrogen-bond acceptors (Lipinski definition) is 10. The van der Waals surface area contributed by atoms with Crippen molar-refractivity contribution in [3.8, 4) is 0 Å². The van der Waals surface area contributed by atoms with Crippen LogP contribution in [0.4, 0.5) is 32.1 Å². The van der Waals surface area contributed by atoms with Gasteiger partial charge in [-0.15, -0.1) is 0 Å². The van der Waals surface area contributed by atoms with Crippen LogP contribution in [0.2, 0.25) is 0 Å². The summed E-state index contributed by atoms with van der Waals surface area (Å²) >= 11 is 0. The number of nitrogens with one attached hydrogen (secondary N) is 2. The molecule has 1 amide bonds. The van der Waals surface area contributed by atoms with Crippen molar-refractivity contribution in [2.24, 2.45) is 5.41 Å². The van der Waals surface area contributed by atoms with E-state index in [1.807, 2.05) is 0 Å². The van der Waals surface area contributed by atoms with Crippen LogP contribution in [0.25, 0.3) is 0 Å². The first-order valence-electron chi connectivity index (χ1n) is 14.1. The largest absolute Gasteiger partial charge is 0.465 e. The average Bonchev–Trinajstić information content (AvgIpc) is 3.66. The van der Waals surface area contributed by atoms with E-state index in [4.69, 9.17) is 4.74 Å². The van der Waals surface area contributed by atoms with Crippen molar-refractivity contribution in [2.75, 3.05) is 58.4 Å². The first-order chi connectivity index (χ1) is 19.9. The number of alkyl halides is 2. The number of ether oxygens (including phenoxy) is 1. The Labute approximate surface area is 243 Å². The predicted octanol–water partition coefficient (Wildman–Crippen LogP) is 3.35. The molecule has 2 N–H and O–H groups in total. The number of benzene rings is 1. The Morgan fingerprint density at radius 2 is 1.64 bits per heavy atom. The van der Waals surface area contributed by atoms with E-state index in [2.05, 4.69) is 29.9 Å². The van der Waals surface area contributed by atoms with Gasteiger partial charge in [-0.1, -0.05) is 0 Å². The van der Waals surface area contributed by atoms with Crippen LogP contribution in [0.3, 0.4) is 0 Å². The fraction of sp³-hybridized carbons (Fsp3) is 0.593. The molecule has 12 nitrogen and oxygen atoms in total. The lowest BCUT2D eigenvalue weighted by atomic mass is 9.93. The molecule has 15 heteroatoms. The molecule has 3 aliphatic rings. The molecule has 1 aromatic carbocycles. The fourth-order valence-electron chi connectivity index (χ4n) is 5.39. The van der Waals surface area contributed by atoms with Gasteiger partial charge in [-0.3, -0.25) is 19.6 Å². The minimum atomic E-state index is -4.04. The second kappa shape index (κ2) is 11.6. The maximum atomic E-state index is 13.7. The summed E-state index contributed by atoms with van der Waals surface area (Å²) in [5.41, 5.74) is 1.39. The van der Waals surface area contributed by atoms with Gasteiger partial charge in [0.1, 0.15) is 5.82 Å². The van der Waals surface area contributed by atoms with Crippen molar-refractivity contribution < 1.29 is 31.5 Å². The maximum absolute atomic E-state index is 13.7. The molecule has 42 heavy (non-hydrogen) atoms. The first-order valence-corrected chi connectivity index (χ1v) is 15.7. The summed E-state index contributed by atoms with van der Waals surface area (Å²) in [4.78, 5) is 41.9. The minimum absolute atomic E-state index is 0.0134. The van der Waals surface area contributed by atoms with Gasteiger partial charge in [0, 0.05) is 39.0 Å². The number of sulfonamides is 1. The van der Waals surface area contributed by atoms with E-state index in [1.54, 1.807) is 24.8 Å². The molecule has 1 spiro atoms. The highest BCUT2D eigenvalue weighted by molar-refractivity contribution is 7.93. The molecule has 2 saturated heterocycles. The van der Waals surface area contributed by atoms with Crippen LogP contribution in [0.1, 0.15) is 61.6 Å². The van der Waals surface area contributed by atoms with Gasteiger partial charge in [0.05, 0.1) is 23.5 Å². The van der Waals surface area contributed by atoms with Crippen LogP contribution in [0, 0.1) is 12.3 Å². The average molecular weight is 608 g/mol. The van der Waals surface area contributed by atoms with E-state index in [1.165, 1.54) is 25.0 Å². The molecule has 0 radical (unpaired) electrons. The number of piperidine rings is 2. The lowest BCUT2D eigenvalue weighted by Crippen LogP contribution is -2.40. The van der Waals surface area contributed by atoms with E-state index in [0.29, 0.717) is 30.0 Å². The van der Waals surface area contributed by atoms with Gasteiger partial charge < -0.3 is 14.5 Å². The maximum Gasteiger partial charge on any atom is 0.323 e. The number of aryl methyl sites for hydroxylation is 1. The monoisotopic (exact) mass is 607 g/mol. The lowest BCUT2D eigenvalue weighted by Gasteiger charge is -2.35. The highest BCUT2D eigenvalue weighted by Gasteiger charge is 2.44. The molecule has 3 heterocycles. The van der Waals surface area contributed by atoms with E-state index in [-0.39, 0.29) is 55.7 Å². The molecular weight excluding hydrogens is 572 g/mol. The van der Waals surface area contributed by atoms with Crippen molar-refractivity contribution in [1.29, 1.82) is 0 Å². The summed E-state index contributed by atoms with van der Waals surface area (Å²) in [6.45, 7) is 4.85. The molecule has 2 aliphatic heterocycles. The third-order valence-corrected chi connectivity index (χ3v) is 9.15. The topological polar surface area (TPSA) is 147 Å². The van der Waals surface area contributed by atoms with Gasteiger partial charge in [0.2, 0.25) is 21.9 Å². The number of nitrogens with zero attached hydrogens (tertiary/aromatic N) is 5. The lowest BCUT2D eigenvalue weighted by molar-refractivity contribution is -0.139. The molecule has 2 aromatic rings. The summed E-state index contributed by atoms with van der Waals surface area (Å²) in [5, 5.41) is 2.71. The highest BCUT2D eigenvalue weighted by atomic mass is 32.2. The molecular formula is C27H35F2N7O5S. The second-order valence-corrected chi connectivity index (χ2v) is 12.9. The van der Waals surface area contributed by atoms with Crippen LogP contribution < -0.4 is 19.8 Å². The molecule has 228 valence electrons. The SMILES string of the molecule is CCOC(=O)CS(=O)(=O)Nc1ccc(C(=O)Nc2nc(C)nc(N3CCC(F)(F)CC3)n2)c(N2CCC3(CC2)CC3)c1. The zero-order valence-corrected chi connectivity index (χ0v) is 24.5. The number of carbonyl (C=O) groups is 2. The van der Waals surface area contributed by atoms with E-state index >= 15 is 0 Å². The summed E-state index contributed by atoms with van der Waals surface area (Å²) in [6.07, 6.45) is 3.70. The minimum Gasteiger partial charge on any atom is -0.465 e. The molecule has 0 bridgehead atoms. The standard InChI is InChI=1S/C27H35F2N7O5S/c1-3-41-22(37)17-42(39,40)34-19-4-5-20(21(16-19)35-12-8-26(6-7-26)9-13-35)23(38)32-24-30-18(2)31-25(33-24)36-14-10-27(28,29)11-15-36/h4-5,16,34H,3,6-15,17H2,1-2H3,(H,30,31,32,33,38). The summed E-state index contributed by atoms with van der Waals surface area (Å²) in [7, 11) is -4.04. The molecule has 3 fully saturated rings. The first kappa shape index (κ1) is 29.9. The van der Waals surface area contributed by atoms with Crippen molar-refractivity contribution >= 4 is 45.2 Å². The van der Waals surface area contributed by atoms with E-state index in [0.717, 1.165) is 12.8 Å². The Morgan fingerprint density at radius 1 is 0.976 bits per heavy atom. The van der Waals surface area contributed by atoms with Gasteiger partial charge in [0.15, 0.2) is 5.75 Å². The van der Waals surface area contributed by atoms with E-state index < -0.39 is 33.6 Å². The zero-order chi connectivity index (χ0) is 30.1. The molecule has 5 rings (SSSR count). The molecule has 1 aliphatic carbocycles. The summed E-state index contributed by atoms with van der Waals surface area (Å²) in [6, 6.07) is 4.54. The molecule has 1 aromatic heterocycles. The Hall–Kier alpha value is -3.62. The van der Waals surface area contributed by atoms with Crippen molar-refractivity contribution in [1.82, 2.24) is 15.0 Å². The zero-order valence-electron chi connectivity index (χ0n) is 23.7. The predicted molar refractivity (Wildman–Crippen MR) is 153 cm³/mol. The van der Waals surface area contributed by atoms with Gasteiger partial charge in [-0.2, -0.15) is 15.0 Å². The Morgan fingerprint density at radius 3 is 2.29 bits per heavy atom. The van der Waals surface area contributed by atoms with Gasteiger partial charge in [-0.05, 0) is 63.1 Å². The third kappa shape index (κ3) is 7.23. The molecule has 1 saturated carbocycles. The normalized spacial score (nSPS) is 19.3. The van der Waals surface area contributed by atoms with Gasteiger partial charge >= 0.3 is 5.97 Å². The van der Waals surface area contributed by atoms with Crippen LogP contribution in [-0.2, 0) is 19.6 Å². The Kier molecular flexibility index (Phi) is 8.23. The molecule has 0 unspecified atom stereocenters. The molecule has 0 atom stereocenters. The summed E-state index contributed by atoms with van der Waals surface area (Å²) < 4.78 is 59.6. The van der Waals surface area contributed by atoms with E-state index in [9.17, 15) is 26.8 Å². The number of aromatic nitrogens is 3. The van der Waals surface area contributed by atoms with Crippen LogP contribution in [0.5, 0.6) is 0 Å². The van der Waals surface area contributed by atoms with Gasteiger partial charge in [0.25, 0.3) is 11.8 Å². The van der Waals surface area contributed by atoms with Crippen LogP contribution in [0.15, 0.2) is 18.2 Å². The van der Waals surface area contributed by atoms with Gasteiger partial charge in [-0.25, -0.2) is 17.2 Å². The van der Waals surface area contributed by atoms with Crippen LogP contribution in [-0.4, -0.2) is 79.7 Å². The number of rotatable bonds is 9. The Balaban J connectivity index is 1.37. The Bertz CT molecular complexity index is 1450. The van der Waals surface area contributed by atoms with Crippen molar-refractivity contribution in [2.45, 2.75) is 58.3 Å². The number of halogens is 2. The van der Waals surface area contributed by atoms with Crippen molar-refractivity contribution in [3.05, 3.63) is 29.6 Å². The smallest absolute Gasteiger partial charge is 0.323 e. The number of esters is 1. The second-order valence-electron chi connectivity index (χ2n) is 11.2. The van der Waals surface area contributed by atoms with Crippen LogP contribution >= 0.6 is 0 Å². The quantitative estimate of drug-likeness (QED) is 0.407. The highest BCUT2D eigenvalue weighted by Crippen LogP contribution is 2.54. The summed E-state index contributed by atoms with van der Waals surface area (Å²) in [5.74, 6) is -4.41. The van der Waals surface area contributed by atoms with Crippen molar-refractivity contribution in [3.63, 3.8) is 0 Å². The third-order valence-electron chi connectivity index (χ3n) is 7.99. The number of anilines is 4. The number of carbonyl (C=O) groups excluding carboxylic acids is 2.